The van der Waals surface area contributed by atoms with Crippen LogP contribution in [-0.4, -0.2) is 36.8 Å². The Balaban J connectivity index is 3.70. The Morgan fingerprint density at radius 1 is 1.08 bits per heavy atom. The van der Waals surface area contributed by atoms with Crippen LogP contribution in [0.3, 0.4) is 0 Å². The number of rotatable bonds is 18. The third kappa shape index (κ3) is 17.2. The maximum Gasteiger partial charge on any atom is 0.303 e. The zero-order chi connectivity index (χ0) is 17.9. The summed E-state index contributed by atoms with van der Waals surface area (Å²) in [6, 6.07) is 0. The molecule has 142 valence electrons. The van der Waals surface area contributed by atoms with Gasteiger partial charge in [-0.15, -0.1) is 0 Å². The predicted molar refractivity (Wildman–Crippen MR) is 97.1 cm³/mol. The molecule has 2 N–H and O–H groups in total. The lowest BCUT2D eigenvalue weighted by Gasteiger charge is -2.15. The molecule has 0 bridgehead atoms. The first-order chi connectivity index (χ1) is 11.7. The molecule has 0 aromatic rings. The second-order valence-electron chi connectivity index (χ2n) is 6.07. The largest absolute Gasteiger partial charge is 0.481 e. The fourth-order valence-electron chi connectivity index (χ4n) is 2.28. The molecule has 0 aliphatic carbocycles. The van der Waals surface area contributed by atoms with E-state index in [9.17, 15) is 4.79 Å². The molecule has 0 radical (unpaired) electrons. The number of hydrogen-bond donors (Lipinski definition) is 2. The van der Waals surface area contributed by atoms with Crippen LogP contribution in [-0.2, 0) is 14.6 Å². The second kappa shape index (κ2) is 18.2. The van der Waals surface area contributed by atoms with E-state index in [-0.39, 0.29) is 19.3 Å². The Morgan fingerprint density at radius 3 is 2.50 bits per heavy atom. The van der Waals surface area contributed by atoms with Crippen molar-refractivity contribution >= 4 is 12.3 Å². The highest BCUT2D eigenvalue weighted by Gasteiger charge is 2.09. The molecular formula is C18H36N2O4. The second-order valence-corrected chi connectivity index (χ2v) is 6.07. The molecule has 6 heteroatoms. The minimum absolute atomic E-state index is 0.104. The van der Waals surface area contributed by atoms with Crippen molar-refractivity contribution in [3.05, 3.63) is 0 Å². The highest BCUT2D eigenvalue weighted by atomic mass is 17.2. The molecule has 0 saturated heterocycles. The first-order valence-corrected chi connectivity index (χ1v) is 9.42. The van der Waals surface area contributed by atoms with Crippen molar-refractivity contribution in [3.63, 3.8) is 0 Å². The molecule has 1 atom stereocenters. The molecule has 0 aliphatic heterocycles. The van der Waals surface area contributed by atoms with Gasteiger partial charge >= 0.3 is 5.97 Å². The van der Waals surface area contributed by atoms with Crippen molar-refractivity contribution in [2.24, 2.45) is 4.99 Å². The van der Waals surface area contributed by atoms with E-state index in [1.807, 2.05) is 0 Å². The summed E-state index contributed by atoms with van der Waals surface area (Å²) in [6.45, 7) is 5.46. The summed E-state index contributed by atoms with van der Waals surface area (Å²) in [4.78, 5) is 25.2. The van der Waals surface area contributed by atoms with Crippen LogP contribution in [0, 0.1) is 0 Å². The lowest BCUT2D eigenvalue weighted by atomic mass is 10.0. The summed E-state index contributed by atoms with van der Waals surface area (Å²) in [6.07, 6.45) is 12.3. The Hall–Kier alpha value is -1.14. The fourth-order valence-corrected chi connectivity index (χ4v) is 2.28. The topological polar surface area (TPSA) is 80.2 Å². The van der Waals surface area contributed by atoms with Gasteiger partial charge in [0.05, 0.1) is 12.4 Å². The zero-order valence-electron chi connectivity index (χ0n) is 15.5. The molecule has 0 saturated carbocycles. The average Bonchev–Trinajstić information content (AvgIpc) is 2.57. The standard InChI is InChI=1S/C18H36N2O4/c1-3-5-11-17(12-9-7-8-10-13-18(21)22)24-23-16-20-15-19-14-6-4-2/h15,17H,3-14,16H2,1-2H3,(H,19,20)(H,21,22). The molecular weight excluding hydrogens is 308 g/mol. The van der Waals surface area contributed by atoms with Gasteiger partial charge in [-0.3, -0.25) is 4.79 Å². The van der Waals surface area contributed by atoms with Crippen LogP contribution in [0.2, 0.25) is 0 Å². The quantitative estimate of drug-likeness (QED) is 0.127. The van der Waals surface area contributed by atoms with E-state index in [1.54, 1.807) is 6.34 Å². The molecule has 24 heavy (non-hydrogen) atoms. The predicted octanol–water partition coefficient (Wildman–Crippen LogP) is 4.29. The summed E-state index contributed by atoms with van der Waals surface area (Å²) in [5, 5.41) is 11.7. The van der Waals surface area contributed by atoms with Crippen molar-refractivity contribution in [2.75, 3.05) is 13.3 Å². The summed E-state index contributed by atoms with van der Waals surface area (Å²) in [5.74, 6) is -0.711. The molecule has 0 fully saturated rings. The number of aliphatic imine (C=N–C) groups is 1. The minimum Gasteiger partial charge on any atom is -0.481 e. The first kappa shape index (κ1) is 22.9. The normalized spacial score (nSPS) is 12.6. The van der Waals surface area contributed by atoms with Gasteiger partial charge in [0.2, 0.25) is 0 Å². The maximum absolute atomic E-state index is 10.5. The van der Waals surface area contributed by atoms with Crippen molar-refractivity contribution in [3.8, 4) is 0 Å². The van der Waals surface area contributed by atoms with Crippen LogP contribution in [0.15, 0.2) is 4.99 Å². The Labute approximate surface area is 147 Å². The van der Waals surface area contributed by atoms with Gasteiger partial charge in [0, 0.05) is 13.0 Å². The lowest BCUT2D eigenvalue weighted by molar-refractivity contribution is -0.325. The van der Waals surface area contributed by atoms with Crippen LogP contribution >= 0.6 is 0 Å². The van der Waals surface area contributed by atoms with Crippen LogP contribution in [0.25, 0.3) is 0 Å². The van der Waals surface area contributed by atoms with Gasteiger partial charge in [-0.1, -0.05) is 52.4 Å². The van der Waals surface area contributed by atoms with E-state index in [2.05, 4.69) is 24.2 Å². The highest BCUT2D eigenvalue weighted by Crippen LogP contribution is 2.15. The molecule has 0 aromatic heterocycles. The van der Waals surface area contributed by atoms with Crippen LogP contribution in [0.5, 0.6) is 0 Å². The van der Waals surface area contributed by atoms with E-state index >= 15 is 0 Å². The van der Waals surface area contributed by atoms with Gasteiger partial charge in [0.25, 0.3) is 0 Å². The van der Waals surface area contributed by atoms with Gasteiger partial charge in [-0.2, -0.15) is 0 Å². The van der Waals surface area contributed by atoms with E-state index in [4.69, 9.17) is 14.9 Å². The molecule has 0 rings (SSSR count). The molecule has 1 unspecified atom stereocenters. The maximum atomic E-state index is 10.5. The van der Waals surface area contributed by atoms with E-state index in [0.29, 0.717) is 0 Å². The number of nitrogens with one attached hydrogen (secondary N) is 1. The number of carboxylic acid groups (broad SMARTS) is 1. The molecule has 6 nitrogen and oxygen atoms in total. The Bertz CT molecular complexity index is 311. The summed E-state index contributed by atoms with van der Waals surface area (Å²) >= 11 is 0. The van der Waals surface area contributed by atoms with Crippen molar-refractivity contribution in [2.45, 2.75) is 90.6 Å². The van der Waals surface area contributed by atoms with Crippen molar-refractivity contribution < 1.29 is 19.7 Å². The van der Waals surface area contributed by atoms with E-state index < -0.39 is 5.97 Å². The number of hydrogen-bond acceptors (Lipinski definition) is 4. The van der Waals surface area contributed by atoms with Gasteiger partial charge < -0.3 is 10.4 Å². The number of nitrogens with zero attached hydrogens (tertiary/aromatic N) is 1. The van der Waals surface area contributed by atoms with Gasteiger partial charge in [0.1, 0.15) is 0 Å². The monoisotopic (exact) mass is 344 g/mol. The third-order valence-electron chi connectivity index (χ3n) is 3.74. The fraction of sp³-hybridized carbons (Fsp3) is 0.889. The van der Waals surface area contributed by atoms with Crippen molar-refractivity contribution in [1.82, 2.24) is 5.32 Å². The smallest absolute Gasteiger partial charge is 0.303 e. The number of carboxylic acids is 1. The van der Waals surface area contributed by atoms with E-state index in [0.717, 1.165) is 70.8 Å². The summed E-state index contributed by atoms with van der Waals surface area (Å²) < 4.78 is 0. The number of unbranched alkanes of at least 4 members (excludes halogenated alkanes) is 5. The van der Waals surface area contributed by atoms with Gasteiger partial charge in [-0.25, -0.2) is 14.8 Å². The van der Waals surface area contributed by atoms with Crippen LogP contribution in [0.1, 0.15) is 84.5 Å². The van der Waals surface area contributed by atoms with Gasteiger partial charge in [0.15, 0.2) is 6.73 Å². The van der Waals surface area contributed by atoms with E-state index in [1.165, 1.54) is 0 Å². The molecule has 0 heterocycles. The molecule has 0 aromatic carbocycles. The minimum atomic E-state index is -0.711. The zero-order valence-corrected chi connectivity index (χ0v) is 15.5. The summed E-state index contributed by atoms with van der Waals surface area (Å²) in [7, 11) is 0. The lowest BCUT2D eigenvalue weighted by Crippen LogP contribution is -2.15. The number of aliphatic carboxylic acids is 1. The average molecular weight is 344 g/mol. The first-order valence-electron chi connectivity index (χ1n) is 9.42. The van der Waals surface area contributed by atoms with Crippen molar-refractivity contribution in [1.29, 1.82) is 0 Å². The third-order valence-corrected chi connectivity index (χ3v) is 3.74. The number of carbonyl (C=O) groups is 1. The van der Waals surface area contributed by atoms with Crippen LogP contribution in [0.4, 0.5) is 0 Å². The molecule has 0 spiro atoms. The Morgan fingerprint density at radius 2 is 1.79 bits per heavy atom. The van der Waals surface area contributed by atoms with Gasteiger partial charge in [-0.05, 0) is 25.7 Å². The molecule has 0 amide bonds. The highest BCUT2D eigenvalue weighted by molar-refractivity contribution is 5.66. The molecule has 0 aliphatic rings. The van der Waals surface area contributed by atoms with Crippen LogP contribution < -0.4 is 5.32 Å². The Kier molecular flexibility index (Phi) is 17.3. The summed E-state index contributed by atoms with van der Waals surface area (Å²) in [5.41, 5.74) is 0. The SMILES string of the molecule is CCCCNC=NCOOC(CCCC)CCCCCCC(=O)O.